The van der Waals surface area contributed by atoms with Crippen molar-refractivity contribution in [1.29, 1.82) is 0 Å². The number of aliphatic imine (C=N–C) groups is 1. The highest BCUT2D eigenvalue weighted by atomic mass is 31.2. The second-order valence-corrected chi connectivity index (χ2v) is 5.70. The summed E-state index contributed by atoms with van der Waals surface area (Å²) >= 11 is 0. The van der Waals surface area contributed by atoms with E-state index in [1.807, 2.05) is 30.3 Å². The second-order valence-electron chi connectivity index (χ2n) is 3.33. The Morgan fingerprint density at radius 1 is 1.24 bits per heavy atom. The fourth-order valence-electron chi connectivity index (χ4n) is 1.22. The Morgan fingerprint density at radius 3 is 2.53 bits per heavy atom. The zero-order chi connectivity index (χ0) is 12.6. The van der Waals surface area contributed by atoms with E-state index in [1.54, 1.807) is 20.1 Å². The van der Waals surface area contributed by atoms with Gasteiger partial charge in [-0.1, -0.05) is 37.3 Å². The Balaban J connectivity index is 2.42. The van der Waals surface area contributed by atoms with E-state index >= 15 is 0 Å². The molecule has 0 saturated carbocycles. The van der Waals surface area contributed by atoms with Gasteiger partial charge in [0.15, 0.2) is 0 Å². The van der Waals surface area contributed by atoms with E-state index in [2.05, 4.69) is 4.99 Å². The van der Waals surface area contributed by atoms with Crippen LogP contribution >= 0.6 is 7.60 Å². The van der Waals surface area contributed by atoms with E-state index in [4.69, 9.17) is 9.05 Å². The molecule has 5 heteroatoms. The summed E-state index contributed by atoms with van der Waals surface area (Å²) < 4.78 is 22.1. The molecule has 0 aliphatic carbocycles. The van der Waals surface area contributed by atoms with Crippen LogP contribution < -0.4 is 0 Å². The van der Waals surface area contributed by atoms with E-state index < -0.39 is 7.60 Å². The molecule has 0 radical (unpaired) electrons. The van der Waals surface area contributed by atoms with Crippen LogP contribution in [0.15, 0.2) is 35.3 Å². The molecule has 0 aliphatic rings. The second kappa shape index (κ2) is 7.38. The van der Waals surface area contributed by atoms with Crippen LogP contribution in [0.5, 0.6) is 0 Å². The highest BCUT2D eigenvalue weighted by molar-refractivity contribution is 7.53. The SMILES string of the molecule is CCOP(=O)(CC)OCN=Cc1ccccc1. The molecule has 0 bridgehead atoms. The molecular formula is C12H18NO3P. The van der Waals surface area contributed by atoms with Crippen molar-refractivity contribution in [3.63, 3.8) is 0 Å². The number of nitrogens with zero attached hydrogens (tertiary/aromatic N) is 1. The zero-order valence-corrected chi connectivity index (χ0v) is 11.1. The van der Waals surface area contributed by atoms with E-state index in [9.17, 15) is 4.57 Å². The lowest BCUT2D eigenvalue weighted by Gasteiger charge is -2.13. The lowest BCUT2D eigenvalue weighted by molar-refractivity contribution is 0.218. The number of rotatable bonds is 7. The number of hydrogen-bond acceptors (Lipinski definition) is 4. The summed E-state index contributed by atoms with van der Waals surface area (Å²) in [5.74, 6) is 0. The van der Waals surface area contributed by atoms with E-state index in [0.29, 0.717) is 12.8 Å². The molecule has 1 rings (SSSR count). The van der Waals surface area contributed by atoms with Crippen LogP contribution in [0.25, 0.3) is 0 Å². The first-order valence-corrected chi connectivity index (χ1v) is 7.36. The van der Waals surface area contributed by atoms with Gasteiger partial charge < -0.3 is 4.52 Å². The molecule has 94 valence electrons. The predicted molar refractivity (Wildman–Crippen MR) is 69.8 cm³/mol. The van der Waals surface area contributed by atoms with Crippen molar-refractivity contribution >= 4 is 13.8 Å². The van der Waals surface area contributed by atoms with Gasteiger partial charge in [-0.25, -0.2) is 0 Å². The van der Waals surface area contributed by atoms with E-state index in [1.165, 1.54) is 0 Å². The first kappa shape index (κ1) is 14.1. The standard InChI is InChI=1S/C12H18NO3P/c1-3-15-17(14,4-2)16-11-13-10-12-8-6-5-7-9-12/h5-10H,3-4,11H2,1-2H3. The van der Waals surface area contributed by atoms with Crippen LogP contribution in [-0.4, -0.2) is 25.7 Å². The minimum Gasteiger partial charge on any atom is -0.309 e. The van der Waals surface area contributed by atoms with Crippen molar-refractivity contribution in [1.82, 2.24) is 0 Å². The molecule has 1 aromatic rings. The average Bonchev–Trinajstić information content (AvgIpc) is 2.36. The molecule has 0 amide bonds. The summed E-state index contributed by atoms with van der Waals surface area (Å²) in [5.41, 5.74) is 0.985. The fourth-order valence-corrected chi connectivity index (χ4v) is 2.30. The summed E-state index contributed by atoms with van der Waals surface area (Å²) in [5, 5.41) is 0. The summed E-state index contributed by atoms with van der Waals surface area (Å²) in [6.45, 7) is 4.00. The van der Waals surface area contributed by atoms with Gasteiger partial charge in [0.2, 0.25) is 0 Å². The minimum atomic E-state index is -2.94. The normalized spacial score (nSPS) is 14.9. The summed E-state index contributed by atoms with van der Waals surface area (Å²) in [6, 6.07) is 9.67. The molecule has 0 aliphatic heterocycles. The van der Waals surface area contributed by atoms with Crippen LogP contribution in [0, 0.1) is 0 Å². The van der Waals surface area contributed by atoms with Gasteiger partial charge in [-0.3, -0.25) is 14.1 Å². The van der Waals surface area contributed by atoms with Crippen molar-refractivity contribution in [3.05, 3.63) is 35.9 Å². The van der Waals surface area contributed by atoms with E-state index in [0.717, 1.165) is 5.56 Å². The monoisotopic (exact) mass is 255 g/mol. The van der Waals surface area contributed by atoms with Crippen LogP contribution in [0.1, 0.15) is 19.4 Å². The van der Waals surface area contributed by atoms with Crippen molar-refractivity contribution < 1.29 is 13.6 Å². The molecule has 17 heavy (non-hydrogen) atoms. The van der Waals surface area contributed by atoms with Gasteiger partial charge in [0.25, 0.3) is 0 Å². The molecule has 1 unspecified atom stereocenters. The largest absolute Gasteiger partial charge is 0.332 e. The Bertz CT molecular complexity index is 392. The topological polar surface area (TPSA) is 47.9 Å². The van der Waals surface area contributed by atoms with Gasteiger partial charge in [-0.15, -0.1) is 0 Å². The van der Waals surface area contributed by atoms with E-state index in [-0.39, 0.29) is 6.73 Å². The zero-order valence-electron chi connectivity index (χ0n) is 10.2. The quantitative estimate of drug-likeness (QED) is 0.554. The summed E-state index contributed by atoms with van der Waals surface area (Å²) in [7, 11) is -2.94. The average molecular weight is 255 g/mol. The Labute approximate surface area is 102 Å². The highest BCUT2D eigenvalue weighted by Crippen LogP contribution is 2.47. The molecule has 0 heterocycles. The first-order valence-electron chi connectivity index (χ1n) is 5.63. The maximum atomic E-state index is 11.9. The summed E-state index contributed by atoms with van der Waals surface area (Å²) in [4.78, 5) is 4.06. The smallest absolute Gasteiger partial charge is 0.309 e. The van der Waals surface area contributed by atoms with Gasteiger partial charge in [0, 0.05) is 12.4 Å². The van der Waals surface area contributed by atoms with Gasteiger partial charge in [0.1, 0.15) is 6.73 Å². The fraction of sp³-hybridized carbons (Fsp3) is 0.417. The Hall–Kier alpha value is -0.960. The van der Waals surface area contributed by atoms with Crippen molar-refractivity contribution in [2.24, 2.45) is 4.99 Å². The van der Waals surface area contributed by atoms with Gasteiger partial charge >= 0.3 is 7.60 Å². The maximum absolute atomic E-state index is 11.9. The Kier molecular flexibility index (Phi) is 6.12. The van der Waals surface area contributed by atoms with Gasteiger partial charge in [0.05, 0.1) is 6.61 Å². The summed E-state index contributed by atoms with van der Waals surface area (Å²) in [6.07, 6.45) is 2.05. The van der Waals surface area contributed by atoms with Crippen LogP contribution in [-0.2, 0) is 13.6 Å². The molecule has 1 aromatic carbocycles. The first-order chi connectivity index (χ1) is 8.20. The van der Waals surface area contributed by atoms with Crippen LogP contribution in [0.4, 0.5) is 0 Å². The Morgan fingerprint density at radius 2 is 1.94 bits per heavy atom. The molecule has 0 N–H and O–H groups in total. The van der Waals surface area contributed by atoms with Crippen molar-refractivity contribution in [2.75, 3.05) is 19.5 Å². The lowest BCUT2D eigenvalue weighted by Crippen LogP contribution is -1.98. The molecule has 0 saturated heterocycles. The van der Waals surface area contributed by atoms with Crippen LogP contribution in [0.2, 0.25) is 0 Å². The minimum absolute atomic E-state index is 0.0556. The maximum Gasteiger partial charge on any atom is 0.332 e. The predicted octanol–water partition coefficient (Wildman–Crippen LogP) is 3.33. The third kappa shape index (κ3) is 5.26. The lowest BCUT2D eigenvalue weighted by atomic mass is 10.2. The molecule has 4 nitrogen and oxygen atoms in total. The number of hydrogen-bond donors (Lipinski definition) is 0. The third-order valence-corrected chi connectivity index (χ3v) is 4.02. The molecule has 0 spiro atoms. The number of benzene rings is 1. The van der Waals surface area contributed by atoms with Crippen LogP contribution in [0.3, 0.4) is 0 Å². The molecule has 0 fully saturated rings. The molecule has 0 aromatic heterocycles. The highest BCUT2D eigenvalue weighted by Gasteiger charge is 2.20. The van der Waals surface area contributed by atoms with Gasteiger partial charge in [-0.2, -0.15) is 0 Å². The molecular weight excluding hydrogens is 237 g/mol. The van der Waals surface area contributed by atoms with Crippen molar-refractivity contribution in [3.8, 4) is 0 Å². The van der Waals surface area contributed by atoms with Gasteiger partial charge in [-0.05, 0) is 12.5 Å². The third-order valence-electron chi connectivity index (χ3n) is 2.08. The molecule has 1 atom stereocenters. The van der Waals surface area contributed by atoms with Crippen molar-refractivity contribution in [2.45, 2.75) is 13.8 Å².